The van der Waals surface area contributed by atoms with Gasteiger partial charge in [-0.25, -0.2) is 0 Å². The Morgan fingerprint density at radius 3 is 2.49 bits per heavy atom. The summed E-state index contributed by atoms with van der Waals surface area (Å²) in [5.74, 6) is 1.43. The Kier molecular flexibility index (Phi) is 7.10. The van der Waals surface area contributed by atoms with Crippen LogP contribution < -0.4 is 9.47 Å². The molecule has 0 radical (unpaired) electrons. The molecule has 5 rings (SSSR count). The summed E-state index contributed by atoms with van der Waals surface area (Å²) in [6, 6.07) is 22.9. The summed E-state index contributed by atoms with van der Waals surface area (Å²) in [5.41, 5.74) is 7.27. The molecule has 0 amide bonds. The van der Waals surface area contributed by atoms with Gasteiger partial charge in [0.15, 0.2) is 0 Å². The third-order valence-electron chi connectivity index (χ3n) is 7.88. The van der Waals surface area contributed by atoms with Crippen LogP contribution in [0.15, 0.2) is 72.8 Å². The summed E-state index contributed by atoms with van der Waals surface area (Å²) >= 11 is 0. The van der Waals surface area contributed by atoms with E-state index in [9.17, 15) is 9.90 Å². The van der Waals surface area contributed by atoms with Crippen molar-refractivity contribution in [3.8, 4) is 22.6 Å². The summed E-state index contributed by atoms with van der Waals surface area (Å²) in [6.45, 7) is 5.10. The van der Waals surface area contributed by atoms with Crippen LogP contribution in [-0.2, 0) is 11.4 Å². The second kappa shape index (κ2) is 10.5. The lowest BCUT2D eigenvalue weighted by Gasteiger charge is -2.25. The van der Waals surface area contributed by atoms with Gasteiger partial charge in [-0.15, -0.1) is 0 Å². The Hall–Kier alpha value is -3.53. The number of methoxy groups -OCH3 is 1. The van der Waals surface area contributed by atoms with Crippen LogP contribution in [0.2, 0.25) is 0 Å². The predicted molar refractivity (Wildman–Crippen MR) is 148 cm³/mol. The van der Waals surface area contributed by atoms with Crippen molar-refractivity contribution in [2.24, 2.45) is 11.3 Å². The quantitative estimate of drug-likeness (QED) is 0.308. The molecule has 1 saturated carbocycles. The number of aliphatic carboxylic acids is 1. The molecule has 4 heteroatoms. The lowest BCUT2D eigenvalue weighted by Crippen LogP contribution is -2.10. The molecule has 4 nitrogen and oxygen atoms in total. The molecule has 1 N–H and O–H groups in total. The van der Waals surface area contributed by atoms with Gasteiger partial charge in [0.25, 0.3) is 0 Å². The Labute approximate surface area is 220 Å². The first-order valence-corrected chi connectivity index (χ1v) is 13.3. The fraction of sp³-hybridized carbons (Fsp3) is 0.364. The molecular formula is C33H36O4. The molecule has 192 valence electrons. The molecule has 3 aromatic carbocycles. The zero-order valence-corrected chi connectivity index (χ0v) is 22.0. The minimum atomic E-state index is -0.740. The lowest BCUT2D eigenvalue weighted by atomic mass is 9.79. The number of carboxylic acids is 1. The maximum atomic E-state index is 11.4. The average molecular weight is 497 g/mol. The topological polar surface area (TPSA) is 55.8 Å². The van der Waals surface area contributed by atoms with Crippen molar-refractivity contribution in [3.63, 3.8) is 0 Å². The Bertz CT molecular complexity index is 1320. The van der Waals surface area contributed by atoms with Crippen LogP contribution >= 0.6 is 0 Å². The van der Waals surface area contributed by atoms with E-state index in [1.54, 1.807) is 7.11 Å². The first-order valence-electron chi connectivity index (χ1n) is 13.3. The lowest BCUT2D eigenvalue weighted by molar-refractivity contribution is -0.137. The van der Waals surface area contributed by atoms with Gasteiger partial charge in [0.05, 0.1) is 13.5 Å². The normalized spacial score (nSPS) is 17.2. The van der Waals surface area contributed by atoms with Crippen molar-refractivity contribution < 1.29 is 19.4 Å². The summed E-state index contributed by atoms with van der Waals surface area (Å²) < 4.78 is 11.7. The van der Waals surface area contributed by atoms with E-state index in [2.05, 4.69) is 50.3 Å². The van der Waals surface area contributed by atoms with Gasteiger partial charge in [0.1, 0.15) is 18.1 Å². The Balaban J connectivity index is 1.42. The molecule has 0 aliphatic heterocycles. The second-order valence-electron chi connectivity index (χ2n) is 11.1. The highest BCUT2D eigenvalue weighted by atomic mass is 16.5. The summed E-state index contributed by atoms with van der Waals surface area (Å²) in [4.78, 5) is 11.4. The largest absolute Gasteiger partial charge is 0.497 e. The molecule has 0 aromatic heterocycles. The molecule has 3 aromatic rings. The van der Waals surface area contributed by atoms with Crippen molar-refractivity contribution in [2.75, 3.05) is 7.11 Å². The van der Waals surface area contributed by atoms with Gasteiger partial charge in [-0.3, -0.25) is 4.79 Å². The minimum Gasteiger partial charge on any atom is -0.497 e. The number of hydrogen-bond acceptors (Lipinski definition) is 3. The standard InChI is InChI=1S/C33H36O4/c1-33(2)16-6-11-31(33)30-17-22(12-15-28(30)24-7-4-9-26(18-24)36-3)21-37-27-10-5-8-25(19-27)29(20-32(34)35)23-13-14-23/h4-5,7-12,15,17-19,23,29H,6,13-14,16,20-21H2,1-3H3,(H,34,35)/t29-/m0/s1. The van der Waals surface area contributed by atoms with E-state index in [4.69, 9.17) is 9.47 Å². The SMILES string of the molecule is COc1cccc(-c2ccc(COc3cccc([C@@H](CC(=O)O)C4CC4)c3)cc2C2=CCCC2(C)C)c1. The minimum absolute atomic E-state index is 0.0614. The highest BCUT2D eigenvalue weighted by Crippen LogP contribution is 2.47. The van der Waals surface area contributed by atoms with Crippen LogP contribution in [0.1, 0.15) is 68.6 Å². The van der Waals surface area contributed by atoms with E-state index >= 15 is 0 Å². The fourth-order valence-corrected chi connectivity index (χ4v) is 5.65. The molecule has 2 aliphatic carbocycles. The summed E-state index contributed by atoms with van der Waals surface area (Å²) in [7, 11) is 1.70. The van der Waals surface area contributed by atoms with Gasteiger partial charge in [-0.1, -0.05) is 56.3 Å². The molecule has 2 aliphatic rings. The van der Waals surface area contributed by atoms with Crippen LogP contribution in [0.25, 0.3) is 16.7 Å². The summed E-state index contributed by atoms with van der Waals surface area (Å²) in [5, 5.41) is 9.39. The number of carboxylic acid groups (broad SMARTS) is 1. The Morgan fingerprint density at radius 2 is 1.78 bits per heavy atom. The summed E-state index contributed by atoms with van der Waals surface area (Å²) in [6.07, 6.45) is 7.01. The monoisotopic (exact) mass is 496 g/mol. The first-order chi connectivity index (χ1) is 17.8. The molecule has 1 fully saturated rings. The van der Waals surface area contributed by atoms with E-state index < -0.39 is 5.97 Å². The van der Waals surface area contributed by atoms with Gasteiger partial charge in [0, 0.05) is 0 Å². The smallest absolute Gasteiger partial charge is 0.303 e. The van der Waals surface area contributed by atoms with Gasteiger partial charge in [0.2, 0.25) is 0 Å². The number of benzene rings is 3. The van der Waals surface area contributed by atoms with Crippen LogP contribution in [0, 0.1) is 11.3 Å². The van der Waals surface area contributed by atoms with Crippen molar-refractivity contribution in [1.82, 2.24) is 0 Å². The van der Waals surface area contributed by atoms with Crippen LogP contribution in [0.5, 0.6) is 11.5 Å². The van der Waals surface area contributed by atoms with Crippen molar-refractivity contribution in [3.05, 3.63) is 89.5 Å². The second-order valence-corrected chi connectivity index (χ2v) is 11.1. The third-order valence-corrected chi connectivity index (χ3v) is 7.88. The van der Waals surface area contributed by atoms with Gasteiger partial charge in [-0.2, -0.15) is 0 Å². The maximum absolute atomic E-state index is 11.4. The average Bonchev–Trinajstić information content (AvgIpc) is 3.68. The number of allylic oxidation sites excluding steroid dienone is 2. The molecule has 0 spiro atoms. The van der Waals surface area contributed by atoms with Gasteiger partial charge in [-0.05, 0) is 107 Å². The number of hydrogen-bond donors (Lipinski definition) is 1. The first kappa shape index (κ1) is 25.1. The van der Waals surface area contributed by atoms with Crippen molar-refractivity contribution >= 4 is 11.5 Å². The van der Waals surface area contributed by atoms with E-state index in [-0.39, 0.29) is 17.8 Å². The molecule has 0 saturated heterocycles. The number of carbonyl (C=O) groups is 1. The maximum Gasteiger partial charge on any atom is 0.303 e. The molecular weight excluding hydrogens is 460 g/mol. The van der Waals surface area contributed by atoms with E-state index in [0.29, 0.717) is 12.5 Å². The predicted octanol–water partition coefficient (Wildman–Crippen LogP) is 8.11. The molecule has 37 heavy (non-hydrogen) atoms. The fourth-order valence-electron chi connectivity index (χ4n) is 5.65. The highest BCUT2D eigenvalue weighted by molar-refractivity contribution is 5.85. The van der Waals surface area contributed by atoms with Gasteiger partial charge < -0.3 is 14.6 Å². The number of ether oxygens (including phenoxy) is 2. The molecule has 1 atom stereocenters. The van der Waals surface area contributed by atoms with Gasteiger partial charge >= 0.3 is 5.97 Å². The Morgan fingerprint density at radius 1 is 1.00 bits per heavy atom. The van der Waals surface area contributed by atoms with Crippen LogP contribution in [-0.4, -0.2) is 18.2 Å². The van der Waals surface area contributed by atoms with E-state index in [1.165, 1.54) is 16.7 Å². The molecule has 0 bridgehead atoms. The molecule has 0 heterocycles. The van der Waals surface area contributed by atoms with E-state index in [1.807, 2.05) is 36.4 Å². The molecule has 0 unspecified atom stereocenters. The highest BCUT2D eigenvalue weighted by Gasteiger charge is 2.34. The zero-order chi connectivity index (χ0) is 26.0. The van der Waals surface area contributed by atoms with Crippen LogP contribution in [0.4, 0.5) is 0 Å². The van der Waals surface area contributed by atoms with Crippen molar-refractivity contribution in [2.45, 2.75) is 58.5 Å². The number of rotatable bonds is 10. The van der Waals surface area contributed by atoms with Crippen LogP contribution in [0.3, 0.4) is 0 Å². The van der Waals surface area contributed by atoms with Crippen molar-refractivity contribution in [1.29, 1.82) is 0 Å². The third kappa shape index (κ3) is 5.74. The van der Waals surface area contributed by atoms with E-state index in [0.717, 1.165) is 53.9 Å². The zero-order valence-electron chi connectivity index (χ0n) is 22.0.